The standard InChI is InChI=1S/C14H18F3N/c1-10-3-2-4-13(18-10)9-11-5-7-12(8-6-11)14(15,16)17/h5-8,10,13,18H,2-4,9H2,1H3. The normalized spacial score (nSPS) is 25.1. The molecule has 2 atom stereocenters. The van der Waals surface area contributed by atoms with Crippen LogP contribution in [0.5, 0.6) is 0 Å². The van der Waals surface area contributed by atoms with Crippen LogP contribution < -0.4 is 5.32 Å². The third-order valence-electron chi connectivity index (χ3n) is 3.47. The minimum Gasteiger partial charge on any atom is -0.311 e. The van der Waals surface area contributed by atoms with Gasteiger partial charge in [-0.2, -0.15) is 13.2 Å². The molecule has 1 nitrogen and oxygen atoms in total. The molecule has 1 aliphatic heterocycles. The van der Waals surface area contributed by atoms with Gasteiger partial charge in [-0.3, -0.25) is 0 Å². The first-order chi connectivity index (χ1) is 8.45. The fourth-order valence-corrected chi connectivity index (χ4v) is 2.51. The summed E-state index contributed by atoms with van der Waals surface area (Å²) in [6.07, 6.45) is 0.0486. The van der Waals surface area contributed by atoms with Crippen molar-refractivity contribution >= 4 is 0 Å². The van der Waals surface area contributed by atoms with E-state index in [1.165, 1.54) is 25.0 Å². The Morgan fingerprint density at radius 1 is 1.17 bits per heavy atom. The van der Waals surface area contributed by atoms with Gasteiger partial charge in [-0.05, 0) is 43.9 Å². The van der Waals surface area contributed by atoms with Crippen molar-refractivity contribution in [3.8, 4) is 0 Å². The summed E-state index contributed by atoms with van der Waals surface area (Å²) in [6.45, 7) is 2.15. The summed E-state index contributed by atoms with van der Waals surface area (Å²) in [5, 5.41) is 3.49. The van der Waals surface area contributed by atoms with Crippen LogP contribution in [0.3, 0.4) is 0 Å². The predicted molar refractivity (Wildman–Crippen MR) is 65.4 cm³/mol. The van der Waals surface area contributed by atoms with Crippen molar-refractivity contribution in [1.82, 2.24) is 5.32 Å². The van der Waals surface area contributed by atoms with Gasteiger partial charge in [0.2, 0.25) is 0 Å². The molecule has 2 unspecified atom stereocenters. The van der Waals surface area contributed by atoms with E-state index < -0.39 is 11.7 Å². The minimum absolute atomic E-state index is 0.394. The summed E-state index contributed by atoms with van der Waals surface area (Å²) < 4.78 is 37.3. The molecule has 0 saturated carbocycles. The molecule has 0 aliphatic carbocycles. The monoisotopic (exact) mass is 257 g/mol. The molecule has 1 heterocycles. The summed E-state index contributed by atoms with van der Waals surface area (Å²) in [4.78, 5) is 0. The lowest BCUT2D eigenvalue weighted by atomic mass is 9.94. The quantitative estimate of drug-likeness (QED) is 0.850. The van der Waals surface area contributed by atoms with Gasteiger partial charge in [-0.25, -0.2) is 0 Å². The van der Waals surface area contributed by atoms with Crippen LogP contribution >= 0.6 is 0 Å². The molecule has 0 spiro atoms. The lowest BCUT2D eigenvalue weighted by molar-refractivity contribution is -0.137. The summed E-state index contributed by atoms with van der Waals surface area (Å²) in [6, 6.07) is 6.42. The van der Waals surface area contributed by atoms with Crippen molar-refractivity contribution in [3.63, 3.8) is 0 Å². The van der Waals surface area contributed by atoms with Crippen LogP contribution in [0.2, 0.25) is 0 Å². The molecule has 4 heteroatoms. The molecule has 0 amide bonds. The molecule has 18 heavy (non-hydrogen) atoms. The zero-order chi connectivity index (χ0) is 13.2. The van der Waals surface area contributed by atoms with Gasteiger partial charge >= 0.3 is 6.18 Å². The van der Waals surface area contributed by atoms with Gasteiger partial charge in [0, 0.05) is 12.1 Å². The Morgan fingerprint density at radius 3 is 2.39 bits per heavy atom. The second kappa shape index (κ2) is 5.31. The molecule has 1 aromatic carbocycles. The van der Waals surface area contributed by atoms with Crippen LogP contribution in [0, 0.1) is 0 Å². The van der Waals surface area contributed by atoms with E-state index in [1.807, 2.05) is 0 Å². The topological polar surface area (TPSA) is 12.0 Å². The first-order valence-corrected chi connectivity index (χ1v) is 6.37. The Hall–Kier alpha value is -1.03. The molecule has 1 N–H and O–H groups in total. The van der Waals surface area contributed by atoms with E-state index in [2.05, 4.69) is 12.2 Å². The summed E-state index contributed by atoms with van der Waals surface area (Å²) in [5.74, 6) is 0. The Morgan fingerprint density at radius 2 is 1.83 bits per heavy atom. The first kappa shape index (κ1) is 13.4. The fraction of sp³-hybridized carbons (Fsp3) is 0.571. The first-order valence-electron chi connectivity index (χ1n) is 6.37. The van der Waals surface area contributed by atoms with Gasteiger partial charge in [0.1, 0.15) is 0 Å². The summed E-state index contributed by atoms with van der Waals surface area (Å²) >= 11 is 0. The maximum atomic E-state index is 12.4. The van der Waals surface area contributed by atoms with E-state index in [9.17, 15) is 13.2 Å². The van der Waals surface area contributed by atoms with Crippen molar-refractivity contribution < 1.29 is 13.2 Å². The maximum Gasteiger partial charge on any atom is 0.416 e. The highest BCUT2D eigenvalue weighted by Crippen LogP contribution is 2.29. The number of alkyl halides is 3. The van der Waals surface area contributed by atoms with Crippen molar-refractivity contribution in [2.75, 3.05) is 0 Å². The van der Waals surface area contributed by atoms with Crippen LogP contribution in [-0.4, -0.2) is 12.1 Å². The lowest BCUT2D eigenvalue weighted by Gasteiger charge is -2.28. The molecule has 1 aromatic rings. The van der Waals surface area contributed by atoms with Crippen LogP contribution in [0.25, 0.3) is 0 Å². The fourth-order valence-electron chi connectivity index (χ4n) is 2.51. The van der Waals surface area contributed by atoms with Gasteiger partial charge in [-0.1, -0.05) is 18.6 Å². The second-order valence-electron chi connectivity index (χ2n) is 5.09. The van der Waals surface area contributed by atoms with Crippen molar-refractivity contribution in [2.45, 2.75) is 50.9 Å². The zero-order valence-corrected chi connectivity index (χ0v) is 10.4. The smallest absolute Gasteiger partial charge is 0.311 e. The Labute approximate surface area is 105 Å². The van der Waals surface area contributed by atoms with Gasteiger partial charge in [0.15, 0.2) is 0 Å². The summed E-state index contributed by atoms with van der Waals surface area (Å²) in [7, 11) is 0. The highest BCUT2D eigenvalue weighted by Gasteiger charge is 2.30. The van der Waals surface area contributed by atoms with Gasteiger partial charge in [0.05, 0.1) is 5.56 Å². The maximum absolute atomic E-state index is 12.4. The molecule has 1 aliphatic rings. The molecule has 1 saturated heterocycles. The zero-order valence-electron chi connectivity index (χ0n) is 10.4. The van der Waals surface area contributed by atoms with Crippen molar-refractivity contribution in [2.24, 2.45) is 0 Å². The molecule has 0 radical (unpaired) electrons. The number of hydrogen-bond acceptors (Lipinski definition) is 1. The van der Waals surface area contributed by atoms with Crippen LogP contribution in [0.1, 0.15) is 37.3 Å². The van der Waals surface area contributed by atoms with E-state index >= 15 is 0 Å². The molecule has 2 rings (SSSR count). The van der Waals surface area contributed by atoms with E-state index in [-0.39, 0.29) is 0 Å². The largest absolute Gasteiger partial charge is 0.416 e. The second-order valence-corrected chi connectivity index (χ2v) is 5.09. The highest BCUT2D eigenvalue weighted by molar-refractivity contribution is 5.25. The lowest BCUT2D eigenvalue weighted by Crippen LogP contribution is -2.41. The Balaban J connectivity index is 1.98. The van der Waals surface area contributed by atoms with E-state index in [0.29, 0.717) is 12.1 Å². The van der Waals surface area contributed by atoms with Crippen LogP contribution in [0.4, 0.5) is 13.2 Å². The Kier molecular flexibility index (Phi) is 3.95. The number of benzene rings is 1. The number of hydrogen-bond donors (Lipinski definition) is 1. The van der Waals surface area contributed by atoms with E-state index in [1.54, 1.807) is 12.1 Å². The molecular weight excluding hydrogens is 239 g/mol. The molecule has 0 aromatic heterocycles. The minimum atomic E-state index is -4.24. The average molecular weight is 257 g/mol. The van der Waals surface area contributed by atoms with Gasteiger partial charge in [-0.15, -0.1) is 0 Å². The number of rotatable bonds is 2. The highest BCUT2D eigenvalue weighted by atomic mass is 19.4. The number of halogens is 3. The summed E-state index contributed by atoms with van der Waals surface area (Å²) in [5.41, 5.74) is 0.394. The Bertz CT molecular complexity index is 383. The average Bonchev–Trinajstić information content (AvgIpc) is 2.28. The molecule has 1 fully saturated rings. The van der Waals surface area contributed by atoms with Gasteiger partial charge < -0.3 is 5.32 Å². The van der Waals surface area contributed by atoms with Crippen molar-refractivity contribution in [1.29, 1.82) is 0 Å². The van der Waals surface area contributed by atoms with Crippen molar-refractivity contribution in [3.05, 3.63) is 35.4 Å². The SMILES string of the molecule is CC1CCCC(Cc2ccc(C(F)(F)F)cc2)N1. The van der Waals surface area contributed by atoms with Crippen LogP contribution in [-0.2, 0) is 12.6 Å². The number of piperidine rings is 1. The molecular formula is C14H18F3N. The predicted octanol–water partition coefficient (Wildman–Crippen LogP) is 3.78. The molecule has 100 valence electrons. The number of nitrogens with one attached hydrogen (secondary N) is 1. The van der Waals surface area contributed by atoms with E-state index in [4.69, 9.17) is 0 Å². The molecule has 0 bridgehead atoms. The third kappa shape index (κ3) is 3.48. The van der Waals surface area contributed by atoms with Gasteiger partial charge in [0.25, 0.3) is 0 Å². The van der Waals surface area contributed by atoms with Crippen LogP contribution in [0.15, 0.2) is 24.3 Å². The third-order valence-corrected chi connectivity index (χ3v) is 3.47. The van der Waals surface area contributed by atoms with E-state index in [0.717, 1.165) is 18.4 Å².